The summed E-state index contributed by atoms with van der Waals surface area (Å²) >= 11 is 0. The van der Waals surface area contributed by atoms with Crippen molar-refractivity contribution in [3.8, 4) is 5.75 Å². The summed E-state index contributed by atoms with van der Waals surface area (Å²) in [5, 5.41) is 15.3. The van der Waals surface area contributed by atoms with Crippen LogP contribution < -0.4 is 11.1 Å². The van der Waals surface area contributed by atoms with Gasteiger partial charge in [0.05, 0.1) is 0 Å². The van der Waals surface area contributed by atoms with Crippen molar-refractivity contribution < 1.29 is 5.11 Å². The summed E-state index contributed by atoms with van der Waals surface area (Å²) in [6, 6.07) is 19.3. The van der Waals surface area contributed by atoms with Gasteiger partial charge in [0, 0.05) is 23.3 Å². The molecule has 0 radical (unpaired) electrons. The van der Waals surface area contributed by atoms with E-state index in [1.54, 1.807) is 6.07 Å². The predicted molar refractivity (Wildman–Crippen MR) is 83.8 cm³/mol. The summed E-state index contributed by atoms with van der Waals surface area (Å²) < 4.78 is 0. The lowest BCUT2D eigenvalue weighted by atomic mass is 10.1. The van der Waals surface area contributed by atoms with E-state index in [-0.39, 0.29) is 0 Å². The quantitative estimate of drug-likeness (QED) is 0.632. The second-order valence-corrected chi connectivity index (χ2v) is 4.81. The molecule has 0 unspecified atom stereocenters. The summed E-state index contributed by atoms with van der Waals surface area (Å²) in [6.07, 6.45) is 0. The molecule has 100 valence electrons. The Labute approximate surface area is 117 Å². The molecule has 0 heterocycles. The van der Waals surface area contributed by atoms with Crippen LogP contribution in [0.4, 0.5) is 11.4 Å². The Hall–Kier alpha value is -2.68. The van der Waals surface area contributed by atoms with Crippen LogP contribution in [0.25, 0.3) is 10.8 Å². The lowest BCUT2D eigenvalue weighted by molar-refractivity contribution is 0.481. The van der Waals surface area contributed by atoms with E-state index in [1.807, 2.05) is 48.5 Å². The van der Waals surface area contributed by atoms with Gasteiger partial charge in [-0.05, 0) is 47.3 Å². The second-order valence-electron chi connectivity index (χ2n) is 4.81. The maximum atomic E-state index is 10.0. The van der Waals surface area contributed by atoms with E-state index in [9.17, 15) is 5.11 Å². The van der Waals surface area contributed by atoms with E-state index in [0.717, 1.165) is 27.7 Å². The van der Waals surface area contributed by atoms with Crippen LogP contribution in [0.5, 0.6) is 5.75 Å². The van der Waals surface area contributed by atoms with Gasteiger partial charge in [-0.1, -0.05) is 24.3 Å². The third-order valence-corrected chi connectivity index (χ3v) is 3.31. The smallest absolute Gasteiger partial charge is 0.123 e. The van der Waals surface area contributed by atoms with Crippen molar-refractivity contribution in [3.05, 3.63) is 66.2 Å². The van der Waals surface area contributed by atoms with Crippen LogP contribution in [0, 0.1) is 0 Å². The van der Waals surface area contributed by atoms with Gasteiger partial charge in [-0.25, -0.2) is 0 Å². The lowest BCUT2D eigenvalue weighted by Crippen LogP contribution is -1.99. The Balaban J connectivity index is 1.82. The van der Waals surface area contributed by atoms with Crippen LogP contribution in [-0.2, 0) is 6.54 Å². The first-order valence-electron chi connectivity index (χ1n) is 6.52. The Morgan fingerprint density at radius 3 is 2.50 bits per heavy atom. The van der Waals surface area contributed by atoms with Crippen LogP contribution in [0.3, 0.4) is 0 Å². The Morgan fingerprint density at radius 1 is 0.950 bits per heavy atom. The molecule has 0 aliphatic heterocycles. The van der Waals surface area contributed by atoms with Gasteiger partial charge in [-0.3, -0.25) is 0 Å². The average Bonchev–Trinajstić information content (AvgIpc) is 2.47. The molecule has 0 spiro atoms. The van der Waals surface area contributed by atoms with Gasteiger partial charge in [-0.15, -0.1) is 0 Å². The maximum Gasteiger partial charge on any atom is 0.123 e. The molecule has 0 bridgehead atoms. The highest BCUT2D eigenvalue weighted by Gasteiger charge is 2.02. The molecule has 0 aliphatic carbocycles. The highest BCUT2D eigenvalue weighted by Crippen LogP contribution is 2.26. The number of hydrogen-bond acceptors (Lipinski definition) is 3. The minimum absolute atomic E-state index is 0.317. The maximum absolute atomic E-state index is 10.0. The van der Waals surface area contributed by atoms with E-state index >= 15 is 0 Å². The van der Waals surface area contributed by atoms with Gasteiger partial charge in [0.15, 0.2) is 0 Å². The third-order valence-electron chi connectivity index (χ3n) is 3.31. The molecule has 3 nitrogen and oxygen atoms in total. The predicted octanol–water partition coefficient (Wildman–Crippen LogP) is 3.74. The lowest BCUT2D eigenvalue weighted by Gasteiger charge is -2.09. The summed E-state index contributed by atoms with van der Waals surface area (Å²) in [4.78, 5) is 0. The fourth-order valence-corrected chi connectivity index (χ4v) is 2.26. The second kappa shape index (κ2) is 5.13. The third kappa shape index (κ3) is 2.52. The monoisotopic (exact) mass is 264 g/mol. The fourth-order valence-electron chi connectivity index (χ4n) is 2.26. The zero-order chi connectivity index (χ0) is 13.9. The summed E-state index contributed by atoms with van der Waals surface area (Å²) in [6.45, 7) is 0.655. The van der Waals surface area contributed by atoms with Crippen LogP contribution >= 0.6 is 0 Å². The van der Waals surface area contributed by atoms with Crippen LogP contribution in [0.1, 0.15) is 5.56 Å². The van der Waals surface area contributed by atoms with Crippen molar-refractivity contribution in [1.29, 1.82) is 0 Å². The van der Waals surface area contributed by atoms with Crippen molar-refractivity contribution in [2.75, 3.05) is 11.1 Å². The number of aromatic hydroxyl groups is 1. The molecular weight excluding hydrogens is 248 g/mol. The number of anilines is 2. The van der Waals surface area contributed by atoms with Gasteiger partial charge in [0.2, 0.25) is 0 Å². The Morgan fingerprint density at radius 2 is 1.70 bits per heavy atom. The average molecular weight is 264 g/mol. The van der Waals surface area contributed by atoms with Crippen molar-refractivity contribution in [2.45, 2.75) is 6.54 Å². The van der Waals surface area contributed by atoms with Gasteiger partial charge >= 0.3 is 0 Å². The van der Waals surface area contributed by atoms with Crippen LogP contribution in [0.2, 0.25) is 0 Å². The Kier molecular flexibility index (Phi) is 3.17. The molecule has 3 aromatic rings. The first-order valence-corrected chi connectivity index (χ1v) is 6.52. The molecule has 3 aromatic carbocycles. The number of phenolic OH excluding ortho intramolecular Hbond substituents is 1. The molecule has 3 rings (SSSR count). The number of nitrogens with two attached hydrogens (primary N) is 1. The summed E-state index contributed by atoms with van der Waals surface area (Å²) in [5.74, 6) is 0.317. The molecule has 20 heavy (non-hydrogen) atoms. The highest BCUT2D eigenvalue weighted by molar-refractivity contribution is 5.88. The number of hydrogen-bond donors (Lipinski definition) is 3. The molecule has 4 N–H and O–H groups in total. The minimum Gasteiger partial charge on any atom is -0.507 e. The zero-order valence-electron chi connectivity index (χ0n) is 11.0. The van der Waals surface area contributed by atoms with Crippen molar-refractivity contribution in [3.63, 3.8) is 0 Å². The first-order chi connectivity index (χ1) is 9.72. The number of nitrogen functional groups attached to an aromatic ring is 1. The van der Waals surface area contributed by atoms with Crippen molar-refractivity contribution in [2.24, 2.45) is 0 Å². The topological polar surface area (TPSA) is 58.3 Å². The van der Waals surface area contributed by atoms with Gasteiger partial charge < -0.3 is 16.2 Å². The molecule has 0 atom stereocenters. The van der Waals surface area contributed by atoms with Crippen LogP contribution in [0.15, 0.2) is 60.7 Å². The number of rotatable bonds is 3. The number of benzene rings is 3. The first kappa shape index (κ1) is 12.4. The molecule has 0 saturated carbocycles. The van der Waals surface area contributed by atoms with Crippen molar-refractivity contribution >= 4 is 22.1 Å². The fraction of sp³-hybridized carbons (Fsp3) is 0.0588. The van der Waals surface area contributed by atoms with E-state index in [0.29, 0.717) is 12.3 Å². The molecular formula is C17H16N2O. The zero-order valence-corrected chi connectivity index (χ0v) is 11.0. The number of fused-ring (bicyclic) bond motifs is 1. The van der Waals surface area contributed by atoms with Gasteiger partial charge in [0.25, 0.3) is 0 Å². The minimum atomic E-state index is 0.317. The standard InChI is InChI=1S/C17H16N2O/c18-14-5-7-15(8-6-14)19-11-12-9-13-3-1-2-4-16(13)17(20)10-12/h1-10,19-20H,11,18H2. The van der Waals surface area contributed by atoms with Crippen molar-refractivity contribution in [1.82, 2.24) is 0 Å². The molecule has 0 amide bonds. The van der Waals surface area contributed by atoms with Crippen LogP contribution in [-0.4, -0.2) is 5.11 Å². The van der Waals surface area contributed by atoms with Gasteiger partial charge in [0.1, 0.15) is 5.75 Å². The van der Waals surface area contributed by atoms with E-state index in [4.69, 9.17) is 5.73 Å². The molecule has 0 saturated heterocycles. The van der Waals surface area contributed by atoms with E-state index in [2.05, 4.69) is 11.4 Å². The number of phenols is 1. The molecule has 0 aliphatic rings. The summed E-state index contributed by atoms with van der Waals surface area (Å²) in [5.41, 5.74) is 8.45. The van der Waals surface area contributed by atoms with E-state index in [1.165, 1.54) is 0 Å². The molecule has 3 heteroatoms. The summed E-state index contributed by atoms with van der Waals surface area (Å²) in [7, 11) is 0. The highest BCUT2D eigenvalue weighted by atomic mass is 16.3. The van der Waals surface area contributed by atoms with E-state index < -0.39 is 0 Å². The molecule has 0 fully saturated rings. The molecule has 0 aromatic heterocycles. The SMILES string of the molecule is Nc1ccc(NCc2cc(O)c3ccccc3c2)cc1. The Bertz CT molecular complexity index is 736. The number of nitrogens with one attached hydrogen (secondary N) is 1. The normalized spacial score (nSPS) is 10.6. The van der Waals surface area contributed by atoms with Gasteiger partial charge in [-0.2, -0.15) is 0 Å². The largest absolute Gasteiger partial charge is 0.507 e.